The number of carbonyl (C=O) groups is 1. The molecule has 16 nitrogen and oxygen atoms in total. The molecule has 4 N–H and O–H groups in total. The number of anilines is 1. The standard InChI is InChI=1S/C41H53N3O13S4/c1-40(2)33-28-31(58-57-56-47)16-18-35(33)43(22-10-12-26-59(48,49)50)37(40)14-8-6-5-7-9-15-38-41(3,4)34-29-32(61(54,55)42-24-20-30(21-25-42)39(45)46)17-19-36(34)44(38)23-11-13-27-60(51,52)53/h5-9,14-19,28-30H,10-13,20-27H2,1-4H3,(H3-,45,46,47,48,49,50,51,52,53)/p+1. The van der Waals surface area contributed by atoms with Crippen LogP contribution in [0, 0.1) is 5.92 Å². The zero-order chi connectivity index (χ0) is 44.8. The number of hydrogen-bond donors (Lipinski definition) is 4. The molecule has 0 spiro atoms. The van der Waals surface area contributed by atoms with E-state index in [0.717, 1.165) is 46.0 Å². The molecule has 2 aromatic rings. The van der Waals surface area contributed by atoms with Gasteiger partial charge in [-0.25, -0.2) is 13.7 Å². The lowest BCUT2D eigenvalue weighted by molar-refractivity contribution is -0.438. The maximum Gasteiger partial charge on any atom is 0.306 e. The highest BCUT2D eigenvalue weighted by Crippen LogP contribution is 2.49. The third kappa shape index (κ3) is 11.9. The molecule has 3 aliphatic heterocycles. The first-order valence-electron chi connectivity index (χ1n) is 19.8. The van der Waals surface area contributed by atoms with Gasteiger partial charge in [0.1, 0.15) is 6.54 Å². The van der Waals surface area contributed by atoms with Crippen molar-refractivity contribution in [3.8, 4) is 0 Å². The molecule has 0 unspecified atom stereocenters. The number of carboxylic acids is 1. The molecule has 2 aromatic carbocycles. The number of unbranched alkanes of at least 4 members (excludes halogenated alkanes) is 2. The van der Waals surface area contributed by atoms with Gasteiger partial charge >= 0.3 is 5.97 Å². The summed E-state index contributed by atoms with van der Waals surface area (Å²) in [5.74, 6) is -2.23. The van der Waals surface area contributed by atoms with E-state index in [1.54, 1.807) is 18.2 Å². The molecule has 1 fully saturated rings. The van der Waals surface area contributed by atoms with E-state index in [0.29, 0.717) is 30.8 Å². The van der Waals surface area contributed by atoms with Crippen LogP contribution >= 0.6 is 12.0 Å². The number of piperidine rings is 1. The summed E-state index contributed by atoms with van der Waals surface area (Å²) in [6, 6.07) is 10.6. The molecule has 0 aromatic heterocycles. The molecule has 334 valence electrons. The first-order valence-corrected chi connectivity index (χ1v) is 25.2. The SMILES string of the molecule is CC1(C)C(/C=C/C=C/C=C/C=C2/N(CCCCS(=O)(=O)O)c3ccc(S(=O)(=O)N4CCC(C(=O)O)CC4)cc3C2(C)C)=[N+](CCCCS(=O)(=O)O)c2ccc(SOOO)cc21. The Kier molecular flexibility index (Phi) is 15.7. The Morgan fingerprint density at radius 1 is 0.836 bits per heavy atom. The molecule has 0 bridgehead atoms. The third-order valence-electron chi connectivity index (χ3n) is 11.3. The molecule has 1 saturated heterocycles. The van der Waals surface area contributed by atoms with Crippen molar-refractivity contribution in [3.63, 3.8) is 0 Å². The average Bonchev–Trinajstić information content (AvgIpc) is 3.53. The van der Waals surface area contributed by atoms with Crippen molar-refractivity contribution < 1.29 is 63.5 Å². The number of nitrogens with zero attached hydrogens (tertiary/aromatic N) is 3. The first kappa shape index (κ1) is 48.3. The van der Waals surface area contributed by atoms with Gasteiger partial charge in [0.15, 0.2) is 5.71 Å². The number of benzene rings is 2. The van der Waals surface area contributed by atoms with E-state index in [2.05, 4.69) is 27.8 Å². The van der Waals surface area contributed by atoms with Crippen LogP contribution in [0.25, 0.3) is 0 Å². The fraction of sp³-hybridized carbons (Fsp3) is 0.463. The van der Waals surface area contributed by atoms with Gasteiger partial charge in [-0.05, 0) is 87.9 Å². The van der Waals surface area contributed by atoms with E-state index < -0.39 is 53.0 Å². The molecule has 0 radical (unpaired) electrons. The minimum atomic E-state index is -4.14. The van der Waals surface area contributed by atoms with E-state index in [9.17, 15) is 44.3 Å². The topological polar surface area (TPSA) is 228 Å². The van der Waals surface area contributed by atoms with Crippen molar-refractivity contribution in [2.24, 2.45) is 5.92 Å². The molecule has 20 heteroatoms. The van der Waals surface area contributed by atoms with Crippen molar-refractivity contribution in [2.75, 3.05) is 42.6 Å². The summed E-state index contributed by atoms with van der Waals surface area (Å²) in [5, 5.41) is 21.8. The van der Waals surface area contributed by atoms with Crippen LogP contribution in [0.2, 0.25) is 0 Å². The number of rotatable bonds is 20. The van der Waals surface area contributed by atoms with Crippen LogP contribution < -0.4 is 4.90 Å². The Balaban J connectivity index is 1.38. The summed E-state index contributed by atoms with van der Waals surface area (Å²) < 4.78 is 99.7. The summed E-state index contributed by atoms with van der Waals surface area (Å²) in [5.41, 5.74) is 4.10. The maximum absolute atomic E-state index is 13.8. The highest BCUT2D eigenvalue weighted by atomic mass is 32.2. The van der Waals surface area contributed by atoms with Crippen LogP contribution in [-0.2, 0) is 55.3 Å². The Morgan fingerprint density at radius 3 is 2.11 bits per heavy atom. The summed E-state index contributed by atoms with van der Waals surface area (Å²) in [6.07, 6.45) is 15.1. The monoisotopic (exact) mass is 924 g/mol. The van der Waals surface area contributed by atoms with Crippen molar-refractivity contribution in [1.29, 1.82) is 0 Å². The van der Waals surface area contributed by atoms with E-state index in [1.807, 2.05) is 79.5 Å². The van der Waals surface area contributed by atoms with E-state index in [1.165, 1.54) is 4.31 Å². The molecule has 0 saturated carbocycles. The summed E-state index contributed by atoms with van der Waals surface area (Å²) >= 11 is 0.850. The normalized spacial score (nSPS) is 19.3. The van der Waals surface area contributed by atoms with Gasteiger partial charge in [-0.15, -0.1) is 4.33 Å². The lowest BCUT2D eigenvalue weighted by atomic mass is 9.81. The fourth-order valence-corrected chi connectivity index (χ4v) is 11.2. The maximum atomic E-state index is 13.8. The largest absolute Gasteiger partial charge is 0.481 e. The van der Waals surface area contributed by atoms with Crippen molar-refractivity contribution in [1.82, 2.24) is 4.31 Å². The van der Waals surface area contributed by atoms with Crippen LogP contribution in [0.4, 0.5) is 11.4 Å². The lowest BCUT2D eigenvalue weighted by Crippen LogP contribution is -2.40. The number of allylic oxidation sites excluding steroid dienone is 8. The van der Waals surface area contributed by atoms with Gasteiger partial charge in [0.05, 0.1) is 39.8 Å². The van der Waals surface area contributed by atoms with Gasteiger partial charge in [-0.1, -0.05) is 49.3 Å². The van der Waals surface area contributed by atoms with E-state index >= 15 is 0 Å². The number of fused-ring (bicyclic) bond motifs is 2. The predicted molar refractivity (Wildman–Crippen MR) is 233 cm³/mol. The van der Waals surface area contributed by atoms with Gasteiger partial charge in [-0.3, -0.25) is 13.9 Å². The van der Waals surface area contributed by atoms with Gasteiger partial charge in [0, 0.05) is 65.5 Å². The van der Waals surface area contributed by atoms with Gasteiger partial charge < -0.3 is 10.0 Å². The summed E-state index contributed by atoms with van der Waals surface area (Å²) in [6.45, 7) is 9.22. The van der Waals surface area contributed by atoms with Crippen LogP contribution in [0.3, 0.4) is 0 Å². The fourth-order valence-electron chi connectivity index (χ4n) is 8.14. The van der Waals surface area contributed by atoms with E-state index in [-0.39, 0.29) is 55.2 Å². The quantitative estimate of drug-likeness (QED) is 0.0207. The molecule has 5 rings (SSSR count). The smallest absolute Gasteiger partial charge is 0.306 e. The summed E-state index contributed by atoms with van der Waals surface area (Å²) in [7, 11) is -12.1. The predicted octanol–water partition coefficient (Wildman–Crippen LogP) is 6.66. The van der Waals surface area contributed by atoms with Gasteiger partial charge in [0.25, 0.3) is 20.2 Å². The van der Waals surface area contributed by atoms with Crippen LogP contribution in [0.1, 0.15) is 77.3 Å². The Morgan fingerprint density at radius 2 is 1.48 bits per heavy atom. The zero-order valence-electron chi connectivity index (χ0n) is 34.5. The van der Waals surface area contributed by atoms with Gasteiger partial charge in [-0.2, -0.15) is 25.7 Å². The minimum Gasteiger partial charge on any atom is -0.481 e. The average molecular weight is 925 g/mol. The Labute approximate surface area is 362 Å². The molecular weight excluding hydrogens is 871 g/mol. The van der Waals surface area contributed by atoms with E-state index in [4.69, 9.17) is 5.26 Å². The number of aliphatic carboxylic acids is 1. The first-order chi connectivity index (χ1) is 28.6. The zero-order valence-corrected chi connectivity index (χ0v) is 37.8. The highest BCUT2D eigenvalue weighted by Gasteiger charge is 2.45. The summed E-state index contributed by atoms with van der Waals surface area (Å²) in [4.78, 5) is 14.3. The second-order valence-electron chi connectivity index (χ2n) is 16.2. The Bertz CT molecular complexity index is 2450. The van der Waals surface area contributed by atoms with Gasteiger partial charge in [0.2, 0.25) is 15.7 Å². The van der Waals surface area contributed by atoms with Crippen LogP contribution in [0.15, 0.2) is 94.4 Å². The highest BCUT2D eigenvalue weighted by molar-refractivity contribution is 7.94. The minimum absolute atomic E-state index is 0.110. The third-order valence-corrected chi connectivity index (χ3v) is 15.4. The number of carboxylic acid groups (broad SMARTS) is 1. The molecule has 3 heterocycles. The molecule has 61 heavy (non-hydrogen) atoms. The van der Waals surface area contributed by atoms with Crippen LogP contribution in [-0.4, -0.2) is 103 Å². The lowest BCUT2D eigenvalue weighted by Gasteiger charge is -2.29. The second-order valence-corrected chi connectivity index (χ2v) is 22.1. The van der Waals surface area contributed by atoms with Crippen molar-refractivity contribution in [3.05, 3.63) is 95.8 Å². The Hall–Kier alpha value is -3.70. The molecule has 3 aliphatic rings. The molecule has 0 atom stereocenters. The molecule has 0 aliphatic carbocycles. The van der Waals surface area contributed by atoms with Crippen LogP contribution in [0.5, 0.6) is 0 Å². The number of hydrogen-bond acceptors (Lipinski definition) is 12. The molecular formula is C41H54N3O13S4+. The second kappa shape index (κ2) is 19.8. The van der Waals surface area contributed by atoms with Crippen molar-refractivity contribution in [2.45, 2.75) is 86.8 Å². The number of sulfonamides is 1. The van der Waals surface area contributed by atoms with Crippen molar-refractivity contribution >= 4 is 65.4 Å². The molecule has 0 amide bonds.